The van der Waals surface area contributed by atoms with Crippen molar-refractivity contribution in [2.24, 2.45) is 0 Å². The highest BCUT2D eigenvalue weighted by Crippen LogP contribution is 2.42. The summed E-state index contributed by atoms with van der Waals surface area (Å²) in [6.45, 7) is 6.34. The first-order valence-corrected chi connectivity index (χ1v) is 9.64. The minimum Gasteiger partial charge on any atom is -0.493 e. The van der Waals surface area contributed by atoms with E-state index in [4.69, 9.17) is 24.2 Å². The fraction of sp³-hybridized carbons (Fsp3) is 0.286. The maximum Gasteiger partial charge on any atom is 0.203 e. The monoisotopic (exact) mass is 410 g/mol. The van der Waals surface area contributed by atoms with Crippen molar-refractivity contribution in [1.82, 2.24) is 9.97 Å². The standard InChI is InChI=1S/C21H22N4O3S/c1-7-8-25(3)20-17-12(2)16(11-22)29-21(17)24-19(23-20)13-9-14(26-4)18(28-6)15(10-13)27-5/h7,9-10H,1,8H2,2-6H3. The molecule has 1 aromatic carbocycles. The molecule has 0 bridgehead atoms. The van der Waals surface area contributed by atoms with Crippen molar-refractivity contribution < 1.29 is 14.2 Å². The van der Waals surface area contributed by atoms with Gasteiger partial charge in [-0.3, -0.25) is 0 Å². The van der Waals surface area contributed by atoms with E-state index in [1.807, 2.05) is 31.0 Å². The third-order valence-corrected chi connectivity index (χ3v) is 5.65. The van der Waals surface area contributed by atoms with Crippen LogP contribution in [-0.2, 0) is 0 Å². The van der Waals surface area contributed by atoms with Crippen LogP contribution in [0.4, 0.5) is 5.82 Å². The Bertz CT molecular complexity index is 1090. The second-order valence-electron chi connectivity index (χ2n) is 6.30. The van der Waals surface area contributed by atoms with Crippen LogP contribution in [-0.4, -0.2) is 44.9 Å². The average Bonchev–Trinajstić information content (AvgIpc) is 3.07. The molecule has 150 valence electrons. The zero-order chi connectivity index (χ0) is 21.1. The van der Waals surface area contributed by atoms with Crippen LogP contribution >= 0.6 is 11.3 Å². The molecule has 2 aromatic heterocycles. The zero-order valence-corrected chi connectivity index (χ0v) is 17.9. The first-order valence-electron chi connectivity index (χ1n) is 8.82. The van der Waals surface area contributed by atoms with Gasteiger partial charge < -0.3 is 19.1 Å². The molecule has 0 spiro atoms. The summed E-state index contributed by atoms with van der Waals surface area (Å²) < 4.78 is 16.3. The number of nitriles is 1. The van der Waals surface area contributed by atoms with E-state index in [1.165, 1.54) is 11.3 Å². The van der Waals surface area contributed by atoms with Crippen molar-refractivity contribution in [2.75, 3.05) is 39.8 Å². The Hall–Kier alpha value is -3.31. The highest BCUT2D eigenvalue weighted by molar-refractivity contribution is 7.19. The molecule has 0 fully saturated rings. The van der Waals surface area contributed by atoms with Gasteiger partial charge in [0, 0.05) is 19.2 Å². The Labute approximate surface area is 173 Å². The van der Waals surface area contributed by atoms with Gasteiger partial charge in [0.15, 0.2) is 17.3 Å². The molecule has 8 heteroatoms. The number of aromatic nitrogens is 2. The van der Waals surface area contributed by atoms with Crippen molar-refractivity contribution in [1.29, 1.82) is 5.26 Å². The number of aryl methyl sites for hydroxylation is 1. The van der Waals surface area contributed by atoms with Gasteiger partial charge in [-0.15, -0.1) is 17.9 Å². The summed E-state index contributed by atoms with van der Waals surface area (Å²) in [5.41, 5.74) is 1.61. The lowest BCUT2D eigenvalue weighted by atomic mass is 10.1. The van der Waals surface area contributed by atoms with Crippen LogP contribution in [0.15, 0.2) is 24.8 Å². The lowest BCUT2D eigenvalue weighted by Crippen LogP contribution is -2.19. The average molecular weight is 410 g/mol. The van der Waals surface area contributed by atoms with Crippen LogP contribution < -0.4 is 19.1 Å². The molecule has 0 aliphatic rings. The molecular weight excluding hydrogens is 388 g/mol. The van der Waals surface area contributed by atoms with E-state index in [9.17, 15) is 5.26 Å². The highest BCUT2D eigenvalue weighted by Gasteiger charge is 2.21. The molecule has 2 heterocycles. The van der Waals surface area contributed by atoms with Gasteiger partial charge >= 0.3 is 0 Å². The van der Waals surface area contributed by atoms with Crippen LogP contribution in [0.25, 0.3) is 21.6 Å². The van der Waals surface area contributed by atoms with Crippen LogP contribution in [0, 0.1) is 18.3 Å². The number of likely N-dealkylation sites (N-methyl/N-ethyl adjacent to an activating group) is 1. The van der Waals surface area contributed by atoms with E-state index in [0.717, 1.165) is 27.2 Å². The van der Waals surface area contributed by atoms with Gasteiger partial charge in [-0.1, -0.05) is 6.08 Å². The number of hydrogen-bond donors (Lipinski definition) is 0. The predicted octanol–water partition coefficient (Wildman–Crippen LogP) is 4.19. The molecule has 3 rings (SSSR count). The Morgan fingerprint density at radius 1 is 1.17 bits per heavy atom. The van der Waals surface area contributed by atoms with Gasteiger partial charge in [-0.2, -0.15) is 5.26 Å². The van der Waals surface area contributed by atoms with E-state index >= 15 is 0 Å². The zero-order valence-electron chi connectivity index (χ0n) is 17.1. The Balaban J connectivity index is 2.31. The maximum atomic E-state index is 9.47. The lowest BCUT2D eigenvalue weighted by molar-refractivity contribution is 0.324. The smallest absolute Gasteiger partial charge is 0.203 e. The third-order valence-electron chi connectivity index (χ3n) is 4.56. The third kappa shape index (κ3) is 3.57. The van der Waals surface area contributed by atoms with Gasteiger partial charge in [0.2, 0.25) is 5.75 Å². The quantitative estimate of drug-likeness (QED) is 0.540. The minimum absolute atomic E-state index is 0.502. The summed E-state index contributed by atoms with van der Waals surface area (Å²) in [7, 11) is 6.63. The molecule has 3 aromatic rings. The molecule has 0 radical (unpaired) electrons. The van der Waals surface area contributed by atoms with Crippen molar-refractivity contribution >= 4 is 27.4 Å². The molecule has 7 nitrogen and oxygen atoms in total. The number of thiophene rings is 1. The largest absolute Gasteiger partial charge is 0.493 e. The van der Waals surface area contributed by atoms with Crippen LogP contribution in [0.1, 0.15) is 10.4 Å². The number of rotatable bonds is 7. The maximum absolute atomic E-state index is 9.47. The van der Waals surface area contributed by atoms with Crippen molar-refractivity contribution in [3.63, 3.8) is 0 Å². The molecule has 0 saturated carbocycles. The number of fused-ring (bicyclic) bond motifs is 1. The molecule has 0 aliphatic heterocycles. The van der Waals surface area contributed by atoms with Gasteiger partial charge in [0.1, 0.15) is 21.6 Å². The van der Waals surface area contributed by atoms with E-state index in [-0.39, 0.29) is 0 Å². The topological polar surface area (TPSA) is 80.5 Å². The highest BCUT2D eigenvalue weighted by atomic mass is 32.1. The first kappa shape index (κ1) is 20.4. The summed E-state index contributed by atoms with van der Waals surface area (Å²) in [4.78, 5) is 12.9. The molecule has 0 atom stereocenters. The van der Waals surface area contributed by atoms with E-state index < -0.39 is 0 Å². The first-order chi connectivity index (χ1) is 14.0. The molecule has 0 saturated heterocycles. The summed E-state index contributed by atoms with van der Waals surface area (Å²) in [5.74, 6) is 2.79. The molecule has 0 amide bonds. The van der Waals surface area contributed by atoms with Crippen LogP contribution in [0.5, 0.6) is 17.2 Å². The molecular formula is C21H22N4O3S. The van der Waals surface area contributed by atoms with Crippen LogP contribution in [0.3, 0.4) is 0 Å². The van der Waals surface area contributed by atoms with Gasteiger partial charge in [0.05, 0.1) is 26.7 Å². The number of anilines is 1. The molecule has 0 aliphatic carbocycles. The SMILES string of the molecule is C=CCN(C)c1nc(-c2cc(OC)c(OC)c(OC)c2)nc2sc(C#N)c(C)c12. The fourth-order valence-corrected chi connectivity index (χ4v) is 4.09. The molecule has 0 unspecified atom stereocenters. The second kappa shape index (κ2) is 8.37. The normalized spacial score (nSPS) is 10.5. The summed E-state index contributed by atoms with van der Waals surface area (Å²) >= 11 is 1.36. The lowest BCUT2D eigenvalue weighted by Gasteiger charge is -2.19. The van der Waals surface area contributed by atoms with Gasteiger partial charge in [0.25, 0.3) is 0 Å². The van der Waals surface area contributed by atoms with E-state index in [1.54, 1.807) is 27.4 Å². The van der Waals surface area contributed by atoms with Crippen LogP contribution in [0.2, 0.25) is 0 Å². The number of nitrogens with zero attached hydrogens (tertiary/aromatic N) is 4. The van der Waals surface area contributed by atoms with Crippen molar-refractivity contribution in [3.05, 3.63) is 35.2 Å². The van der Waals surface area contributed by atoms with Crippen molar-refractivity contribution in [2.45, 2.75) is 6.92 Å². The summed E-state index contributed by atoms with van der Waals surface area (Å²) in [6.07, 6.45) is 1.81. The fourth-order valence-electron chi connectivity index (χ4n) is 3.12. The molecule has 29 heavy (non-hydrogen) atoms. The second-order valence-corrected chi connectivity index (χ2v) is 7.30. The van der Waals surface area contributed by atoms with Gasteiger partial charge in [-0.25, -0.2) is 9.97 Å². The number of ether oxygens (including phenoxy) is 3. The molecule has 0 N–H and O–H groups in total. The summed E-state index contributed by atoms with van der Waals surface area (Å²) in [6, 6.07) is 5.87. The number of hydrogen-bond acceptors (Lipinski definition) is 8. The minimum atomic E-state index is 0.502. The van der Waals surface area contributed by atoms with E-state index in [2.05, 4.69) is 12.6 Å². The van der Waals surface area contributed by atoms with Gasteiger partial charge in [-0.05, 0) is 24.6 Å². The Morgan fingerprint density at radius 3 is 2.34 bits per heavy atom. The van der Waals surface area contributed by atoms with Crippen molar-refractivity contribution in [3.8, 4) is 34.7 Å². The number of benzene rings is 1. The Morgan fingerprint density at radius 2 is 1.83 bits per heavy atom. The Kier molecular flexibility index (Phi) is 5.89. The summed E-state index contributed by atoms with van der Waals surface area (Å²) in [5, 5.41) is 10.4. The number of methoxy groups -OCH3 is 3. The predicted molar refractivity (Wildman–Crippen MR) is 115 cm³/mol. The van der Waals surface area contributed by atoms with E-state index in [0.29, 0.717) is 34.5 Å².